The van der Waals surface area contributed by atoms with Crippen molar-refractivity contribution in [2.24, 2.45) is 5.92 Å². The first kappa shape index (κ1) is 13.1. The second-order valence-electron chi connectivity index (χ2n) is 6.76. The maximum atomic E-state index is 6.17. The predicted octanol–water partition coefficient (Wildman–Crippen LogP) is 4.87. The van der Waals surface area contributed by atoms with Crippen LogP contribution in [0.2, 0.25) is 0 Å². The van der Waals surface area contributed by atoms with Crippen molar-refractivity contribution in [1.82, 2.24) is 0 Å². The highest BCUT2D eigenvalue weighted by atomic mass is 32.1. The molecule has 1 aromatic carbocycles. The summed E-state index contributed by atoms with van der Waals surface area (Å²) in [5, 5.41) is 6.12. The van der Waals surface area contributed by atoms with E-state index in [-0.39, 0.29) is 6.10 Å². The normalized spacial score (nSPS) is 29.4. The zero-order valence-corrected chi connectivity index (χ0v) is 13.5. The van der Waals surface area contributed by atoms with Crippen LogP contribution in [0.5, 0.6) is 0 Å². The molecule has 0 saturated carbocycles. The maximum Gasteiger partial charge on any atom is 0.0897 e. The summed E-state index contributed by atoms with van der Waals surface area (Å²) in [6.07, 6.45) is 6.57. The first-order valence-electron chi connectivity index (χ1n) is 8.48. The van der Waals surface area contributed by atoms with Crippen molar-refractivity contribution in [3.05, 3.63) is 51.2 Å². The molecule has 2 aliphatic heterocycles. The summed E-state index contributed by atoms with van der Waals surface area (Å²) in [4.78, 5) is 1.46. The Kier molecular flexibility index (Phi) is 3.05. The molecule has 5 rings (SSSR count). The van der Waals surface area contributed by atoms with Crippen molar-refractivity contribution in [1.29, 1.82) is 0 Å². The molecule has 2 nitrogen and oxygen atoms in total. The summed E-state index contributed by atoms with van der Waals surface area (Å²) in [7, 11) is 0. The highest BCUT2D eigenvalue weighted by Crippen LogP contribution is 2.52. The van der Waals surface area contributed by atoms with E-state index in [9.17, 15) is 0 Å². The van der Waals surface area contributed by atoms with E-state index in [4.69, 9.17) is 4.74 Å². The fourth-order valence-electron chi connectivity index (χ4n) is 4.53. The number of anilines is 1. The summed E-state index contributed by atoms with van der Waals surface area (Å²) in [5.74, 6) is 0.577. The molecule has 1 saturated heterocycles. The van der Waals surface area contributed by atoms with Gasteiger partial charge in [0.2, 0.25) is 0 Å². The number of fused-ring (bicyclic) bond motifs is 5. The van der Waals surface area contributed by atoms with E-state index < -0.39 is 0 Å². The molecule has 3 aliphatic rings. The van der Waals surface area contributed by atoms with Gasteiger partial charge in [0.05, 0.1) is 12.1 Å². The van der Waals surface area contributed by atoms with Gasteiger partial charge in [0.25, 0.3) is 0 Å². The number of hydrogen-bond donors (Lipinski definition) is 1. The summed E-state index contributed by atoms with van der Waals surface area (Å²) in [5.41, 5.74) is 5.94. The van der Waals surface area contributed by atoms with Gasteiger partial charge in [-0.15, -0.1) is 11.3 Å². The molecule has 2 aromatic rings. The van der Waals surface area contributed by atoms with Crippen LogP contribution in [0.25, 0.3) is 0 Å². The zero-order valence-electron chi connectivity index (χ0n) is 12.7. The standard InChI is InChI=1S/C19H21NOS/c1-2-5-13-12(4-1)7-8-14-17(13)20-18(16-6-3-11-22-16)15-9-10-21-19(14)15/h3,6-8,11,15,18-20H,1-2,4-5,9-10H2/t15-,18+,19+/m1/s1. The molecule has 0 radical (unpaired) electrons. The molecule has 0 spiro atoms. The van der Waals surface area contributed by atoms with Gasteiger partial charge in [-0.2, -0.15) is 0 Å². The second kappa shape index (κ2) is 5.10. The molecule has 1 aromatic heterocycles. The Bertz CT molecular complexity index is 694. The number of aryl methyl sites for hydroxylation is 1. The Balaban J connectivity index is 1.65. The lowest BCUT2D eigenvalue weighted by Gasteiger charge is -2.38. The third kappa shape index (κ3) is 1.88. The van der Waals surface area contributed by atoms with Crippen LogP contribution in [0, 0.1) is 5.92 Å². The Morgan fingerprint density at radius 3 is 3.00 bits per heavy atom. The summed E-state index contributed by atoms with van der Waals surface area (Å²) in [6.45, 7) is 0.898. The Morgan fingerprint density at radius 2 is 2.09 bits per heavy atom. The fourth-order valence-corrected chi connectivity index (χ4v) is 5.39. The second-order valence-corrected chi connectivity index (χ2v) is 7.74. The smallest absolute Gasteiger partial charge is 0.0897 e. The van der Waals surface area contributed by atoms with Crippen LogP contribution in [0.4, 0.5) is 5.69 Å². The van der Waals surface area contributed by atoms with Gasteiger partial charge >= 0.3 is 0 Å². The van der Waals surface area contributed by atoms with Crippen LogP contribution < -0.4 is 5.32 Å². The summed E-state index contributed by atoms with van der Waals surface area (Å²) in [6, 6.07) is 9.56. The maximum absolute atomic E-state index is 6.17. The van der Waals surface area contributed by atoms with Gasteiger partial charge in [0.1, 0.15) is 0 Å². The molecule has 3 heteroatoms. The minimum Gasteiger partial charge on any atom is -0.376 e. The van der Waals surface area contributed by atoms with Crippen molar-refractivity contribution < 1.29 is 4.74 Å². The van der Waals surface area contributed by atoms with Gasteiger partial charge in [-0.1, -0.05) is 18.2 Å². The summed E-state index contributed by atoms with van der Waals surface area (Å²) < 4.78 is 6.17. The van der Waals surface area contributed by atoms with E-state index in [1.807, 2.05) is 11.3 Å². The van der Waals surface area contributed by atoms with Crippen LogP contribution in [0.1, 0.15) is 53.0 Å². The highest BCUT2D eigenvalue weighted by Gasteiger charge is 2.42. The average molecular weight is 311 g/mol. The number of ether oxygens (including phenoxy) is 1. The first-order chi connectivity index (χ1) is 10.9. The van der Waals surface area contributed by atoms with E-state index in [0.29, 0.717) is 12.0 Å². The zero-order chi connectivity index (χ0) is 14.5. The van der Waals surface area contributed by atoms with Gasteiger partial charge < -0.3 is 10.1 Å². The molecular formula is C19H21NOS. The largest absolute Gasteiger partial charge is 0.376 e. The number of hydrogen-bond acceptors (Lipinski definition) is 3. The van der Waals surface area contributed by atoms with Crippen molar-refractivity contribution in [2.45, 2.75) is 44.2 Å². The average Bonchev–Trinajstić information content (AvgIpc) is 3.25. The molecule has 0 bridgehead atoms. The predicted molar refractivity (Wildman–Crippen MR) is 90.6 cm³/mol. The number of rotatable bonds is 1. The molecule has 1 aliphatic carbocycles. The van der Waals surface area contributed by atoms with Crippen molar-refractivity contribution in [3.63, 3.8) is 0 Å². The molecule has 0 amide bonds. The van der Waals surface area contributed by atoms with Crippen LogP contribution in [0.3, 0.4) is 0 Å². The lowest BCUT2D eigenvalue weighted by molar-refractivity contribution is 0.0831. The van der Waals surface area contributed by atoms with Gasteiger partial charge in [-0.25, -0.2) is 0 Å². The van der Waals surface area contributed by atoms with E-state index >= 15 is 0 Å². The van der Waals surface area contributed by atoms with E-state index in [1.54, 1.807) is 11.1 Å². The minimum atomic E-state index is 0.288. The highest BCUT2D eigenvalue weighted by molar-refractivity contribution is 7.10. The molecule has 3 heterocycles. The Hall–Kier alpha value is -1.32. The molecule has 22 heavy (non-hydrogen) atoms. The van der Waals surface area contributed by atoms with Gasteiger partial charge in [0, 0.05) is 28.7 Å². The molecule has 114 valence electrons. The monoisotopic (exact) mass is 311 g/mol. The number of nitrogens with one attached hydrogen (secondary N) is 1. The van der Waals surface area contributed by atoms with Crippen LogP contribution in [-0.4, -0.2) is 6.61 Å². The first-order valence-corrected chi connectivity index (χ1v) is 9.36. The van der Waals surface area contributed by atoms with Crippen molar-refractivity contribution in [3.8, 4) is 0 Å². The molecule has 0 unspecified atom stereocenters. The quantitative estimate of drug-likeness (QED) is 0.811. The third-order valence-corrected chi connectivity index (χ3v) is 6.54. The van der Waals surface area contributed by atoms with E-state index in [2.05, 4.69) is 35.0 Å². The van der Waals surface area contributed by atoms with Gasteiger partial charge in [0.15, 0.2) is 0 Å². The summed E-state index contributed by atoms with van der Waals surface area (Å²) >= 11 is 1.87. The van der Waals surface area contributed by atoms with Gasteiger partial charge in [-0.3, -0.25) is 0 Å². The Labute approximate surface area is 135 Å². The molecular weight excluding hydrogens is 290 g/mol. The lowest BCUT2D eigenvalue weighted by Crippen LogP contribution is -2.30. The number of benzene rings is 1. The topological polar surface area (TPSA) is 21.3 Å². The van der Waals surface area contributed by atoms with Gasteiger partial charge in [-0.05, 0) is 54.7 Å². The lowest BCUT2D eigenvalue weighted by atomic mass is 9.79. The fraction of sp³-hybridized carbons (Fsp3) is 0.474. The molecule has 1 N–H and O–H groups in total. The SMILES string of the molecule is c1csc([C@H]2Nc3c(ccc4c3CCCC4)[C@@H]3OCC[C@H]23)c1. The van der Waals surface area contributed by atoms with E-state index in [1.165, 1.54) is 41.8 Å². The third-order valence-electron chi connectivity index (χ3n) is 5.59. The van der Waals surface area contributed by atoms with E-state index in [0.717, 1.165) is 13.0 Å². The minimum absolute atomic E-state index is 0.288. The molecule has 1 fully saturated rings. The van der Waals surface area contributed by atoms with Crippen molar-refractivity contribution in [2.75, 3.05) is 11.9 Å². The number of thiophene rings is 1. The van der Waals surface area contributed by atoms with Crippen LogP contribution in [-0.2, 0) is 17.6 Å². The van der Waals surface area contributed by atoms with Crippen LogP contribution in [0.15, 0.2) is 29.6 Å². The van der Waals surface area contributed by atoms with Crippen molar-refractivity contribution >= 4 is 17.0 Å². The Morgan fingerprint density at radius 1 is 1.14 bits per heavy atom. The molecule has 3 atom stereocenters. The van der Waals surface area contributed by atoms with Crippen LogP contribution >= 0.6 is 11.3 Å².